The topological polar surface area (TPSA) is 173 Å². The van der Waals surface area contributed by atoms with Crippen molar-refractivity contribution in [1.29, 1.82) is 0 Å². The van der Waals surface area contributed by atoms with Gasteiger partial charge in [-0.05, 0) is 113 Å². The summed E-state index contributed by atoms with van der Waals surface area (Å²) in [5.41, 5.74) is 9.21. The van der Waals surface area contributed by atoms with E-state index in [-0.39, 0.29) is 48.3 Å². The minimum Gasteiger partial charge on any atom is -0.393 e. The number of hydrogen-bond donors (Lipinski definition) is 5. The molecule has 5 N–H and O–H groups in total. The largest absolute Gasteiger partial charge is 0.393 e. The number of amides is 2. The van der Waals surface area contributed by atoms with Crippen LogP contribution in [0.3, 0.4) is 0 Å². The summed E-state index contributed by atoms with van der Waals surface area (Å²) in [4.78, 5) is 49.7. The summed E-state index contributed by atoms with van der Waals surface area (Å²) in [6.07, 6.45) is 12.1. The number of nitrogens with zero attached hydrogens (tertiary/aromatic N) is 7. The molecule has 1 unspecified atom stereocenters. The summed E-state index contributed by atoms with van der Waals surface area (Å²) >= 11 is 1.61. The van der Waals surface area contributed by atoms with Crippen molar-refractivity contribution in [3.05, 3.63) is 83.3 Å². The molecule has 3 fully saturated rings. The Labute approximate surface area is 437 Å². The summed E-state index contributed by atoms with van der Waals surface area (Å²) < 4.78 is 7.65. The molecule has 396 valence electrons. The van der Waals surface area contributed by atoms with Gasteiger partial charge in [-0.2, -0.15) is 4.98 Å². The summed E-state index contributed by atoms with van der Waals surface area (Å²) in [6, 6.07) is 16.9. The van der Waals surface area contributed by atoms with Crippen molar-refractivity contribution in [2.75, 3.05) is 71.4 Å². The van der Waals surface area contributed by atoms with Crippen LogP contribution in [0.2, 0.25) is 0 Å². The Hall–Kier alpha value is -4.81. The number of aliphatic hydroxyl groups excluding tert-OH is 2. The smallest absolute Gasteiger partial charge is 0.243 e. The van der Waals surface area contributed by atoms with Crippen LogP contribution in [0.4, 0.5) is 5.95 Å². The molecular formula is C57H82N10O5S. The van der Waals surface area contributed by atoms with Crippen molar-refractivity contribution in [2.45, 2.75) is 142 Å². The molecular weight excluding hydrogens is 937 g/mol. The zero-order valence-corrected chi connectivity index (χ0v) is 45.1. The van der Waals surface area contributed by atoms with Gasteiger partial charge in [0.1, 0.15) is 11.7 Å². The minimum absolute atomic E-state index is 0.0365. The van der Waals surface area contributed by atoms with Gasteiger partial charge in [-0.15, -0.1) is 11.3 Å². The van der Waals surface area contributed by atoms with E-state index in [1.807, 2.05) is 30.8 Å². The number of methoxy groups -OCH3 is 1. The SMILES string of the molecule is COCC(C)Nc1ncc2c(-c3ccc(CN4CCN(CCCCCNCCC[C@H](C(=O)N5C[C@H](O)C[C@H]5C(=O)NCc5ccc(-c6scnc6C)cc5)C(C)(C)C)CC4)cc3)cn(C3CCC(O)CC3)c2n1. The lowest BCUT2D eigenvalue weighted by atomic mass is 9.77. The number of unbranched alkanes of at least 4 members (excludes halogenated alkanes) is 2. The fraction of sp³-hybridized carbons (Fsp3) is 0.596. The van der Waals surface area contributed by atoms with Gasteiger partial charge in [-0.1, -0.05) is 75.7 Å². The number of nitrogens with one attached hydrogen (secondary N) is 3. The number of aryl methyl sites for hydroxylation is 1. The molecule has 15 nitrogen and oxygen atoms in total. The Morgan fingerprint density at radius 1 is 0.863 bits per heavy atom. The number of aliphatic hydroxyl groups is 2. The standard InChI is InChI=1S/C57H82N10O5S/c1-39(37-72-6)62-56-60-33-48-49(36-66(53(48)63-56)45-20-22-46(68)23-21-45)43-16-14-42(15-17-43)34-65-29-27-64(28-30-65)26-9-7-8-24-58-25-10-11-50(57(3,4)5)55(71)67-35-47(69)31-51(67)54(70)59-32-41-12-18-44(19-13-41)52-40(2)61-38-73-52/h12-19,33,36,38-39,45-47,50-51,58,68-69H,7-11,20-32,34-35,37H2,1-6H3,(H,59,70)(H,60,62,63)/t39?,45?,46?,47-,50-,51+/m1/s1. The fourth-order valence-corrected chi connectivity index (χ4v) is 11.9. The molecule has 3 aliphatic rings. The molecule has 1 aliphatic carbocycles. The van der Waals surface area contributed by atoms with E-state index in [2.05, 4.69) is 106 Å². The molecule has 0 radical (unpaired) electrons. The van der Waals surface area contributed by atoms with Crippen LogP contribution in [0.15, 0.2) is 66.4 Å². The van der Waals surface area contributed by atoms with Gasteiger partial charge in [0.25, 0.3) is 0 Å². The van der Waals surface area contributed by atoms with E-state index in [4.69, 9.17) is 14.7 Å². The van der Waals surface area contributed by atoms with Crippen LogP contribution in [0.25, 0.3) is 32.6 Å². The monoisotopic (exact) mass is 1020 g/mol. The number of rotatable bonds is 23. The lowest BCUT2D eigenvalue weighted by molar-refractivity contribution is -0.145. The average Bonchev–Trinajstić information content (AvgIpc) is 4.11. The van der Waals surface area contributed by atoms with Crippen molar-refractivity contribution in [3.63, 3.8) is 0 Å². The number of ether oxygens (including phenoxy) is 1. The maximum absolute atomic E-state index is 14.1. The maximum Gasteiger partial charge on any atom is 0.243 e. The molecule has 0 spiro atoms. The minimum atomic E-state index is -0.716. The van der Waals surface area contributed by atoms with Crippen LogP contribution >= 0.6 is 11.3 Å². The van der Waals surface area contributed by atoms with E-state index in [1.54, 1.807) is 23.3 Å². The van der Waals surface area contributed by atoms with Crippen LogP contribution in [0.1, 0.15) is 115 Å². The van der Waals surface area contributed by atoms with Crippen LogP contribution in [-0.4, -0.2) is 147 Å². The van der Waals surface area contributed by atoms with Gasteiger partial charge in [-0.25, -0.2) is 9.97 Å². The number of thiazole rings is 1. The molecule has 2 saturated heterocycles. The number of hydrogen-bond acceptors (Lipinski definition) is 13. The Morgan fingerprint density at radius 3 is 2.26 bits per heavy atom. The lowest BCUT2D eigenvalue weighted by Gasteiger charge is -2.35. The highest BCUT2D eigenvalue weighted by Crippen LogP contribution is 2.38. The molecule has 5 aromatic rings. The molecule has 0 bridgehead atoms. The highest BCUT2D eigenvalue weighted by Gasteiger charge is 2.43. The van der Waals surface area contributed by atoms with E-state index in [1.165, 1.54) is 18.4 Å². The van der Waals surface area contributed by atoms with Gasteiger partial charge in [0.05, 0.1) is 34.9 Å². The van der Waals surface area contributed by atoms with Crippen LogP contribution < -0.4 is 16.0 Å². The van der Waals surface area contributed by atoms with Gasteiger partial charge < -0.3 is 45.3 Å². The second-order valence-electron chi connectivity index (χ2n) is 22.1. The number of likely N-dealkylation sites (tertiary alicyclic amines) is 1. The van der Waals surface area contributed by atoms with Crippen molar-refractivity contribution in [3.8, 4) is 21.6 Å². The lowest BCUT2D eigenvalue weighted by Crippen LogP contribution is -2.49. The highest BCUT2D eigenvalue weighted by molar-refractivity contribution is 7.13. The van der Waals surface area contributed by atoms with Gasteiger partial charge in [0, 0.05) is 101 Å². The number of anilines is 1. The normalized spacial score (nSPS) is 20.9. The number of carbonyl (C=O) groups is 2. The summed E-state index contributed by atoms with van der Waals surface area (Å²) in [7, 11) is 1.70. The van der Waals surface area contributed by atoms with E-state index >= 15 is 0 Å². The van der Waals surface area contributed by atoms with Crippen LogP contribution in [0.5, 0.6) is 0 Å². The molecule has 3 aromatic heterocycles. The number of benzene rings is 2. The predicted molar refractivity (Wildman–Crippen MR) is 292 cm³/mol. The van der Waals surface area contributed by atoms with Crippen LogP contribution in [0, 0.1) is 18.3 Å². The second kappa shape index (κ2) is 25.6. The fourth-order valence-electron chi connectivity index (χ4n) is 11.1. The summed E-state index contributed by atoms with van der Waals surface area (Å²) in [5, 5.41) is 32.0. The van der Waals surface area contributed by atoms with Gasteiger partial charge in [-0.3, -0.25) is 14.5 Å². The quantitative estimate of drug-likeness (QED) is 0.0400. The zero-order chi connectivity index (χ0) is 51.5. The first-order valence-electron chi connectivity index (χ1n) is 27.1. The molecule has 2 aromatic carbocycles. The number of aromatic nitrogens is 4. The Kier molecular flexibility index (Phi) is 19.1. The van der Waals surface area contributed by atoms with E-state index in [0.717, 1.165) is 141 Å². The Bertz CT molecular complexity index is 2530. The molecule has 1 saturated carbocycles. The maximum atomic E-state index is 14.1. The summed E-state index contributed by atoms with van der Waals surface area (Å²) in [5.74, 6) is 0.0965. The highest BCUT2D eigenvalue weighted by atomic mass is 32.1. The van der Waals surface area contributed by atoms with Gasteiger partial charge in [0.2, 0.25) is 17.8 Å². The van der Waals surface area contributed by atoms with Crippen molar-refractivity contribution in [2.24, 2.45) is 11.3 Å². The van der Waals surface area contributed by atoms with E-state index in [9.17, 15) is 19.8 Å². The van der Waals surface area contributed by atoms with E-state index in [0.29, 0.717) is 25.1 Å². The summed E-state index contributed by atoms with van der Waals surface area (Å²) in [6.45, 7) is 19.7. The zero-order valence-electron chi connectivity index (χ0n) is 44.3. The molecule has 4 atom stereocenters. The van der Waals surface area contributed by atoms with Gasteiger partial charge in [0.15, 0.2) is 0 Å². The molecule has 2 amide bonds. The first kappa shape index (κ1) is 54.5. The number of carbonyl (C=O) groups excluding carboxylic acids is 2. The van der Waals surface area contributed by atoms with Crippen molar-refractivity contribution in [1.82, 2.24) is 44.9 Å². The first-order valence-corrected chi connectivity index (χ1v) is 27.9. The average molecular weight is 1020 g/mol. The predicted octanol–water partition coefficient (Wildman–Crippen LogP) is 8.05. The van der Waals surface area contributed by atoms with E-state index < -0.39 is 12.1 Å². The molecule has 16 heteroatoms. The van der Waals surface area contributed by atoms with Crippen LogP contribution in [-0.2, 0) is 27.4 Å². The third-order valence-electron chi connectivity index (χ3n) is 15.4. The molecule has 73 heavy (non-hydrogen) atoms. The third kappa shape index (κ3) is 14.5. The number of piperazine rings is 1. The number of fused-ring (bicyclic) bond motifs is 1. The Balaban J connectivity index is 0.719. The Morgan fingerprint density at radius 2 is 1.56 bits per heavy atom. The molecule has 2 aliphatic heterocycles. The second-order valence-corrected chi connectivity index (χ2v) is 23.0. The third-order valence-corrected chi connectivity index (χ3v) is 16.3. The molecule has 8 rings (SSSR count). The first-order chi connectivity index (χ1) is 35.2. The van der Waals surface area contributed by atoms with Crippen molar-refractivity contribution >= 4 is 40.1 Å². The van der Waals surface area contributed by atoms with Gasteiger partial charge >= 0.3 is 0 Å². The molecule has 5 heterocycles. The van der Waals surface area contributed by atoms with Crippen molar-refractivity contribution < 1.29 is 24.5 Å². The number of β-amino-alcohol motifs (C(OH)–C–C–N with tert-alkyl or cyclic N) is 1.